The third kappa shape index (κ3) is 4.09. The van der Waals surface area contributed by atoms with Gasteiger partial charge in [-0.3, -0.25) is 0 Å². The van der Waals surface area contributed by atoms with Crippen LogP contribution in [-0.2, 0) is 0 Å². The van der Waals surface area contributed by atoms with Crippen molar-refractivity contribution < 1.29 is 0 Å². The van der Waals surface area contributed by atoms with Crippen molar-refractivity contribution in [3.63, 3.8) is 0 Å². The molecule has 1 aromatic rings. The lowest BCUT2D eigenvalue weighted by atomic mass is 9.82. The topological polar surface area (TPSA) is 12.0 Å². The maximum Gasteiger partial charge on any atom is 0.0294 e. The van der Waals surface area contributed by atoms with Gasteiger partial charge in [-0.15, -0.1) is 0 Å². The second-order valence-electron chi connectivity index (χ2n) is 6.72. The van der Waals surface area contributed by atoms with E-state index in [0.29, 0.717) is 12.1 Å². The fraction of sp³-hybridized carbons (Fsp3) is 0.684. The van der Waals surface area contributed by atoms with Gasteiger partial charge in [-0.25, -0.2) is 0 Å². The van der Waals surface area contributed by atoms with E-state index >= 15 is 0 Å². The van der Waals surface area contributed by atoms with Gasteiger partial charge < -0.3 is 5.32 Å². The Morgan fingerprint density at radius 3 is 2.20 bits per heavy atom. The van der Waals surface area contributed by atoms with Gasteiger partial charge >= 0.3 is 0 Å². The van der Waals surface area contributed by atoms with Gasteiger partial charge in [0.25, 0.3) is 0 Å². The van der Waals surface area contributed by atoms with Crippen molar-refractivity contribution in [2.75, 3.05) is 0 Å². The first-order chi connectivity index (χ1) is 9.60. The van der Waals surface area contributed by atoms with Crippen molar-refractivity contribution in [3.8, 4) is 0 Å². The molecule has 1 fully saturated rings. The first-order valence-corrected chi connectivity index (χ1v) is 8.44. The summed E-state index contributed by atoms with van der Waals surface area (Å²) in [6.07, 6.45) is 8.40. The molecule has 0 saturated heterocycles. The van der Waals surface area contributed by atoms with Crippen LogP contribution in [0.25, 0.3) is 0 Å². The van der Waals surface area contributed by atoms with Gasteiger partial charge in [0.05, 0.1) is 0 Å². The lowest BCUT2D eigenvalue weighted by molar-refractivity contribution is 0.249. The second kappa shape index (κ2) is 7.26. The summed E-state index contributed by atoms with van der Waals surface area (Å²) >= 11 is 0. The number of aryl methyl sites for hydroxylation is 2. The molecule has 1 aliphatic rings. The van der Waals surface area contributed by atoms with E-state index in [1.54, 1.807) is 0 Å². The van der Waals surface area contributed by atoms with Crippen molar-refractivity contribution in [1.29, 1.82) is 0 Å². The highest BCUT2D eigenvalue weighted by Crippen LogP contribution is 2.29. The summed E-state index contributed by atoms with van der Waals surface area (Å²) < 4.78 is 0. The minimum atomic E-state index is 0.459. The number of rotatable bonds is 5. The maximum absolute atomic E-state index is 3.91. The third-order valence-electron chi connectivity index (χ3n) is 4.87. The van der Waals surface area contributed by atoms with Crippen molar-refractivity contribution in [2.24, 2.45) is 5.92 Å². The van der Waals surface area contributed by atoms with E-state index in [9.17, 15) is 0 Å². The Hall–Kier alpha value is -0.820. The van der Waals surface area contributed by atoms with E-state index in [1.807, 2.05) is 0 Å². The van der Waals surface area contributed by atoms with Crippen LogP contribution in [0.2, 0.25) is 0 Å². The summed E-state index contributed by atoms with van der Waals surface area (Å²) in [4.78, 5) is 0. The average molecular weight is 273 g/mol. The van der Waals surface area contributed by atoms with E-state index < -0.39 is 0 Å². The van der Waals surface area contributed by atoms with Crippen LogP contribution < -0.4 is 5.32 Å². The normalized spacial score (nSPS) is 19.8. The maximum atomic E-state index is 3.91. The van der Waals surface area contributed by atoms with E-state index in [4.69, 9.17) is 0 Å². The van der Waals surface area contributed by atoms with E-state index in [1.165, 1.54) is 55.2 Å². The SMILES string of the molecule is CCC(NC(C)c1cc(C)cc(C)c1)C1CCCCC1. The molecule has 1 aromatic carbocycles. The van der Waals surface area contributed by atoms with Crippen molar-refractivity contribution >= 4 is 0 Å². The Morgan fingerprint density at radius 1 is 1.05 bits per heavy atom. The zero-order valence-corrected chi connectivity index (χ0v) is 13.7. The molecule has 0 radical (unpaired) electrons. The minimum absolute atomic E-state index is 0.459. The molecular formula is C19H31N. The molecule has 2 unspecified atom stereocenters. The summed E-state index contributed by atoms with van der Waals surface area (Å²) in [5.74, 6) is 0.891. The van der Waals surface area contributed by atoms with E-state index in [2.05, 4.69) is 51.2 Å². The highest BCUT2D eigenvalue weighted by atomic mass is 14.9. The first-order valence-electron chi connectivity index (χ1n) is 8.44. The number of hydrogen-bond acceptors (Lipinski definition) is 1. The van der Waals surface area contributed by atoms with E-state index in [0.717, 1.165) is 5.92 Å². The Kier molecular flexibility index (Phi) is 5.65. The van der Waals surface area contributed by atoms with Gasteiger partial charge in [-0.2, -0.15) is 0 Å². The second-order valence-corrected chi connectivity index (χ2v) is 6.72. The summed E-state index contributed by atoms with van der Waals surface area (Å²) in [6.45, 7) is 9.05. The smallest absolute Gasteiger partial charge is 0.0294 e. The van der Waals surface area contributed by atoms with Crippen LogP contribution in [0.5, 0.6) is 0 Å². The number of benzene rings is 1. The predicted octanol–water partition coefficient (Wildman–Crippen LogP) is 5.31. The highest BCUT2D eigenvalue weighted by Gasteiger charge is 2.23. The third-order valence-corrected chi connectivity index (χ3v) is 4.87. The zero-order chi connectivity index (χ0) is 14.5. The standard InChI is InChI=1S/C19H31N/c1-5-19(17-9-7-6-8-10-17)20-16(4)18-12-14(2)11-15(3)13-18/h11-13,16-17,19-20H,5-10H2,1-4H3. The Bertz CT molecular complexity index is 398. The fourth-order valence-corrected chi connectivity index (χ4v) is 3.80. The molecular weight excluding hydrogens is 242 g/mol. The molecule has 0 aromatic heterocycles. The molecule has 2 atom stereocenters. The molecule has 2 rings (SSSR count). The number of nitrogens with one attached hydrogen (secondary N) is 1. The first kappa shape index (κ1) is 15.6. The monoisotopic (exact) mass is 273 g/mol. The quantitative estimate of drug-likeness (QED) is 0.766. The molecule has 0 aliphatic heterocycles. The van der Waals surface area contributed by atoms with Crippen LogP contribution in [0.3, 0.4) is 0 Å². The van der Waals surface area contributed by atoms with Gasteiger partial charge in [0.15, 0.2) is 0 Å². The molecule has 1 heteroatoms. The number of hydrogen-bond donors (Lipinski definition) is 1. The summed E-state index contributed by atoms with van der Waals surface area (Å²) in [5, 5.41) is 3.91. The van der Waals surface area contributed by atoms with Gasteiger partial charge in [0, 0.05) is 12.1 Å². The van der Waals surface area contributed by atoms with Crippen molar-refractivity contribution in [3.05, 3.63) is 34.9 Å². The highest BCUT2D eigenvalue weighted by molar-refractivity contribution is 5.30. The molecule has 1 nitrogen and oxygen atoms in total. The van der Waals surface area contributed by atoms with Crippen LogP contribution in [0.15, 0.2) is 18.2 Å². The molecule has 0 heterocycles. The lowest BCUT2D eigenvalue weighted by Gasteiger charge is -2.33. The van der Waals surface area contributed by atoms with E-state index in [-0.39, 0.29) is 0 Å². The average Bonchev–Trinajstić information content (AvgIpc) is 2.44. The van der Waals surface area contributed by atoms with Gasteiger partial charge in [0.2, 0.25) is 0 Å². The summed E-state index contributed by atoms with van der Waals surface area (Å²) in [7, 11) is 0. The van der Waals surface area contributed by atoms with Gasteiger partial charge in [-0.05, 0) is 51.5 Å². The molecule has 1 saturated carbocycles. The Balaban J connectivity index is 2.02. The van der Waals surface area contributed by atoms with Crippen LogP contribution in [0, 0.1) is 19.8 Å². The van der Waals surface area contributed by atoms with Gasteiger partial charge in [-0.1, -0.05) is 55.5 Å². The molecule has 0 spiro atoms. The Morgan fingerprint density at radius 2 is 1.65 bits per heavy atom. The molecule has 0 bridgehead atoms. The van der Waals surface area contributed by atoms with Crippen LogP contribution in [0.1, 0.15) is 75.1 Å². The van der Waals surface area contributed by atoms with Gasteiger partial charge in [0.1, 0.15) is 0 Å². The molecule has 1 aliphatic carbocycles. The zero-order valence-electron chi connectivity index (χ0n) is 13.7. The molecule has 20 heavy (non-hydrogen) atoms. The Labute approximate surface area is 125 Å². The molecule has 112 valence electrons. The minimum Gasteiger partial charge on any atom is -0.307 e. The summed E-state index contributed by atoms with van der Waals surface area (Å²) in [5.41, 5.74) is 4.19. The molecule has 0 amide bonds. The predicted molar refractivity (Wildman–Crippen MR) is 88.1 cm³/mol. The molecule has 1 N–H and O–H groups in total. The van der Waals surface area contributed by atoms with Crippen molar-refractivity contribution in [1.82, 2.24) is 5.32 Å². The largest absolute Gasteiger partial charge is 0.307 e. The lowest BCUT2D eigenvalue weighted by Crippen LogP contribution is -2.38. The summed E-state index contributed by atoms with van der Waals surface area (Å²) in [6, 6.07) is 8.07. The van der Waals surface area contributed by atoms with Crippen molar-refractivity contribution in [2.45, 2.75) is 78.3 Å². The fourth-order valence-electron chi connectivity index (χ4n) is 3.80. The van der Waals surface area contributed by atoms with Crippen LogP contribution in [0.4, 0.5) is 0 Å². The van der Waals surface area contributed by atoms with Crippen LogP contribution in [-0.4, -0.2) is 6.04 Å². The van der Waals surface area contributed by atoms with Crippen LogP contribution >= 0.6 is 0 Å².